The van der Waals surface area contributed by atoms with Gasteiger partial charge in [0, 0.05) is 19.6 Å². The first-order valence-corrected chi connectivity index (χ1v) is 4.38. The molecule has 0 aromatic carbocycles. The SMILES string of the molecule is CCNc1nc2c(c(=O)[nH]1)CNC2. The summed E-state index contributed by atoms with van der Waals surface area (Å²) in [6, 6.07) is 0. The van der Waals surface area contributed by atoms with Gasteiger partial charge >= 0.3 is 0 Å². The van der Waals surface area contributed by atoms with Crippen LogP contribution in [0.1, 0.15) is 18.2 Å². The van der Waals surface area contributed by atoms with Crippen molar-refractivity contribution in [2.24, 2.45) is 0 Å². The Morgan fingerprint density at radius 2 is 2.38 bits per heavy atom. The monoisotopic (exact) mass is 180 g/mol. The predicted molar refractivity (Wildman–Crippen MR) is 49.6 cm³/mol. The highest BCUT2D eigenvalue weighted by Crippen LogP contribution is 2.08. The van der Waals surface area contributed by atoms with Crippen LogP contribution in [0.4, 0.5) is 5.95 Å². The van der Waals surface area contributed by atoms with Crippen LogP contribution >= 0.6 is 0 Å². The van der Waals surface area contributed by atoms with Gasteiger partial charge in [-0.25, -0.2) is 4.98 Å². The second kappa shape index (κ2) is 3.18. The fraction of sp³-hybridized carbons (Fsp3) is 0.500. The smallest absolute Gasteiger partial charge is 0.257 e. The molecule has 0 amide bonds. The molecule has 70 valence electrons. The third-order valence-electron chi connectivity index (χ3n) is 2.04. The molecule has 13 heavy (non-hydrogen) atoms. The molecular formula is C8H12N4O. The van der Waals surface area contributed by atoms with E-state index in [1.165, 1.54) is 0 Å². The minimum Gasteiger partial charge on any atom is -0.356 e. The zero-order valence-electron chi connectivity index (χ0n) is 7.48. The third-order valence-corrected chi connectivity index (χ3v) is 2.04. The van der Waals surface area contributed by atoms with E-state index in [1.807, 2.05) is 6.92 Å². The molecule has 0 saturated carbocycles. The van der Waals surface area contributed by atoms with Crippen molar-refractivity contribution in [3.8, 4) is 0 Å². The van der Waals surface area contributed by atoms with E-state index in [-0.39, 0.29) is 5.56 Å². The number of H-pyrrole nitrogens is 1. The quantitative estimate of drug-likeness (QED) is 0.589. The molecule has 0 aliphatic carbocycles. The molecule has 0 radical (unpaired) electrons. The Hall–Kier alpha value is -1.36. The summed E-state index contributed by atoms with van der Waals surface area (Å²) >= 11 is 0. The van der Waals surface area contributed by atoms with Crippen molar-refractivity contribution < 1.29 is 0 Å². The Kier molecular flexibility index (Phi) is 2.02. The average Bonchev–Trinajstić information content (AvgIpc) is 2.53. The van der Waals surface area contributed by atoms with Crippen molar-refractivity contribution in [3.63, 3.8) is 0 Å². The molecule has 1 aromatic rings. The van der Waals surface area contributed by atoms with Gasteiger partial charge in [0.15, 0.2) is 0 Å². The molecule has 3 N–H and O–H groups in total. The molecule has 2 rings (SSSR count). The Morgan fingerprint density at radius 1 is 1.54 bits per heavy atom. The number of hydrogen-bond acceptors (Lipinski definition) is 4. The molecule has 1 aromatic heterocycles. The Balaban J connectivity index is 2.44. The summed E-state index contributed by atoms with van der Waals surface area (Å²) < 4.78 is 0. The third kappa shape index (κ3) is 1.42. The van der Waals surface area contributed by atoms with Crippen LogP contribution in [0.3, 0.4) is 0 Å². The normalized spacial score (nSPS) is 14.2. The van der Waals surface area contributed by atoms with E-state index in [0.29, 0.717) is 19.0 Å². The van der Waals surface area contributed by atoms with Crippen LogP contribution in [-0.2, 0) is 13.1 Å². The lowest BCUT2D eigenvalue weighted by Crippen LogP contribution is -2.17. The number of nitrogens with zero attached hydrogens (tertiary/aromatic N) is 1. The summed E-state index contributed by atoms with van der Waals surface area (Å²) in [4.78, 5) is 18.4. The van der Waals surface area contributed by atoms with Crippen molar-refractivity contribution in [2.45, 2.75) is 20.0 Å². The molecule has 0 bridgehead atoms. The number of fused-ring (bicyclic) bond motifs is 1. The zero-order chi connectivity index (χ0) is 9.26. The lowest BCUT2D eigenvalue weighted by molar-refractivity contribution is 0.757. The lowest BCUT2D eigenvalue weighted by atomic mass is 10.3. The molecule has 0 atom stereocenters. The summed E-state index contributed by atoms with van der Waals surface area (Å²) in [5.41, 5.74) is 1.59. The number of rotatable bonds is 2. The van der Waals surface area contributed by atoms with E-state index >= 15 is 0 Å². The number of nitrogens with one attached hydrogen (secondary N) is 3. The Labute approximate surface area is 75.6 Å². The molecule has 0 unspecified atom stereocenters. The highest BCUT2D eigenvalue weighted by atomic mass is 16.1. The number of aromatic amines is 1. The molecule has 5 heteroatoms. The molecule has 2 heterocycles. The zero-order valence-corrected chi connectivity index (χ0v) is 7.48. The topological polar surface area (TPSA) is 69.8 Å². The molecule has 0 spiro atoms. The van der Waals surface area contributed by atoms with E-state index in [0.717, 1.165) is 17.8 Å². The standard InChI is InChI=1S/C8H12N4O/c1-2-10-8-11-6-4-9-3-5(6)7(13)12-8/h9H,2-4H2,1H3,(H2,10,11,12,13). The molecule has 1 aliphatic rings. The summed E-state index contributed by atoms with van der Waals surface area (Å²) in [5, 5.41) is 6.07. The van der Waals surface area contributed by atoms with Crippen LogP contribution in [0, 0.1) is 0 Å². The minimum atomic E-state index is -0.0362. The highest BCUT2D eigenvalue weighted by molar-refractivity contribution is 5.31. The summed E-state index contributed by atoms with van der Waals surface area (Å²) in [7, 11) is 0. The number of anilines is 1. The van der Waals surface area contributed by atoms with Crippen LogP contribution in [0.25, 0.3) is 0 Å². The first-order valence-electron chi connectivity index (χ1n) is 4.38. The van der Waals surface area contributed by atoms with Gasteiger partial charge in [-0.2, -0.15) is 0 Å². The van der Waals surface area contributed by atoms with E-state index in [4.69, 9.17) is 0 Å². The van der Waals surface area contributed by atoms with Crippen molar-refractivity contribution >= 4 is 5.95 Å². The second-order valence-corrected chi connectivity index (χ2v) is 2.97. The fourth-order valence-electron chi connectivity index (χ4n) is 1.43. The average molecular weight is 180 g/mol. The first kappa shape index (κ1) is 8.25. The van der Waals surface area contributed by atoms with Crippen molar-refractivity contribution in [2.75, 3.05) is 11.9 Å². The molecule has 0 saturated heterocycles. The molecule has 1 aliphatic heterocycles. The maximum Gasteiger partial charge on any atom is 0.257 e. The second-order valence-electron chi connectivity index (χ2n) is 2.97. The Bertz CT molecular complexity index is 371. The van der Waals surface area contributed by atoms with Crippen molar-refractivity contribution in [3.05, 3.63) is 21.6 Å². The minimum absolute atomic E-state index is 0.0362. The van der Waals surface area contributed by atoms with Gasteiger partial charge in [0.25, 0.3) is 5.56 Å². The van der Waals surface area contributed by atoms with Crippen molar-refractivity contribution in [1.29, 1.82) is 0 Å². The summed E-state index contributed by atoms with van der Waals surface area (Å²) in [6.45, 7) is 4.04. The number of hydrogen-bond donors (Lipinski definition) is 3. The number of aromatic nitrogens is 2. The van der Waals surface area contributed by atoms with E-state index in [9.17, 15) is 4.79 Å². The van der Waals surface area contributed by atoms with Crippen LogP contribution < -0.4 is 16.2 Å². The molecular weight excluding hydrogens is 168 g/mol. The molecule has 5 nitrogen and oxygen atoms in total. The van der Waals surface area contributed by atoms with Gasteiger partial charge in [-0.15, -0.1) is 0 Å². The van der Waals surface area contributed by atoms with Gasteiger partial charge in [0.1, 0.15) is 0 Å². The maximum atomic E-state index is 11.4. The van der Waals surface area contributed by atoms with Crippen LogP contribution in [0.2, 0.25) is 0 Å². The lowest BCUT2D eigenvalue weighted by Gasteiger charge is -2.03. The van der Waals surface area contributed by atoms with E-state index in [2.05, 4.69) is 20.6 Å². The van der Waals surface area contributed by atoms with Crippen LogP contribution in [-0.4, -0.2) is 16.5 Å². The van der Waals surface area contributed by atoms with Crippen LogP contribution in [0.15, 0.2) is 4.79 Å². The van der Waals surface area contributed by atoms with Crippen molar-refractivity contribution in [1.82, 2.24) is 15.3 Å². The van der Waals surface area contributed by atoms with Gasteiger partial charge in [0.2, 0.25) is 5.95 Å². The van der Waals surface area contributed by atoms with E-state index < -0.39 is 0 Å². The predicted octanol–water partition coefficient (Wildman–Crippen LogP) is -0.195. The van der Waals surface area contributed by atoms with E-state index in [1.54, 1.807) is 0 Å². The summed E-state index contributed by atoms with van der Waals surface area (Å²) in [6.07, 6.45) is 0. The first-order chi connectivity index (χ1) is 6.31. The summed E-state index contributed by atoms with van der Waals surface area (Å²) in [5.74, 6) is 0.565. The van der Waals surface area contributed by atoms with Crippen LogP contribution in [0.5, 0.6) is 0 Å². The largest absolute Gasteiger partial charge is 0.356 e. The molecule has 0 fully saturated rings. The van der Waals surface area contributed by atoms with Gasteiger partial charge in [-0.1, -0.05) is 0 Å². The highest BCUT2D eigenvalue weighted by Gasteiger charge is 2.15. The van der Waals surface area contributed by atoms with Gasteiger partial charge < -0.3 is 10.6 Å². The maximum absolute atomic E-state index is 11.4. The van der Waals surface area contributed by atoms with Gasteiger partial charge in [-0.3, -0.25) is 9.78 Å². The van der Waals surface area contributed by atoms with Gasteiger partial charge in [-0.05, 0) is 6.92 Å². The Morgan fingerprint density at radius 3 is 3.15 bits per heavy atom. The fourth-order valence-corrected chi connectivity index (χ4v) is 1.43. The van der Waals surface area contributed by atoms with Gasteiger partial charge in [0.05, 0.1) is 11.3 Å².